The fraction of sp³-hybridized carbons (Fsp3) is 0.200. The van der Waals surface area contributed by atoms with Crippen LogP contribution in [-0.2, 0) is 6.54 Å². The molecule has 2 aromatic rings. The summed E-state index contributed by atoms with van der Waals surface area (Å²) in [5, 5.41) is 2.84. The van der Waals surface area contributed by atoms with Gasteiger partial charge in [-0.05, 0) is 48.7 Å². The maximum atomic E-state index is 12.0. The maximum Gasteiger partial charge on any atom is 0.274 e. The van der Waals surface area contributed by atoms with E-state index in [9.17, 15) is 4.79 Å². The number of nitrogens with two attached hydrogens (primary N) is 1. The lowest BCUT2D eigenvalue weighted by Gasteiger charge is -2.07. The quantitative estimate of drug-likeness (QED) is 0.885. The average Bonchev–Trinajstić information content (AvgIpc) is 2.37. The summed E-state index contributed by atoms with van der Waals surface area (Å²) in [4.78, 5) is 16.1. The first-order chi connectivity index (χ1) is 9.08. The maximum absolute atomic E-state index is 12.0. The molecule has 4 heteroatoms. The number of amides is 1. The van der Waals surface area contributed by atoms with Crippen molar-refractivity contribution in [3.63, 3.8) is 0 Å². The van der Waals surface area contributed by atoms with Crippen LogP contribution in [0.15, 0.2) is 36.5 Å². The van der Waals surface area contributed by atoms with Gasteiger partial charge in [0.15, 0.2) is 0 Å². The second-order valence-corrected chi connectivity index (χ2v) is 4.59. The minimum atomic E-state index is -0.214. The van der Waals surface area contributed by atoms with Gasteiger partial charge in [-0.25, -0.2) is 0 Å². The van der Waals surface area contributed by atoms with E-state index in [1.54, 1.807) is 12.3 Å². The zero-order chi connectivity index (χ0) is 13.8. The van der Waals surface area contributed by atoms with E-state index in [4.69, 9.17) is 5.73 Å². The highest BCUT2D eigenvalue weighted by Crippen LogP contribution is 2.14. The molecule has 0 aliphatic carbocycles. The summed E-state index contributed by atoms with van der Waals surface area (Å²) in [6, 6.07) is 9.41. The van der Waals surface area contributed by atoms with Gasteiger partial charge < -0.3 is 11.1 Å². The average molecular weight is 255 g/mol. The van der Waals surface area contributed by atoms with Crippen LogP contribution in [0.1, 0.15) is 27.2 Å². The van der Waals surface area contributed by atoms with Crippen LogP contribution in [-0.4, -0.2) is 10.9 Å². The zero-order valence-corrected chi connectivity index (χ0v) is 11.1. The third-order valence-electron chi connectivity index (χ3n) is 2.77. The molecule has 0 saturated heterocycles. The Morgan fingerprint density at radius 2 is 1.89 bits per heavy atom. The lowest BCUT2D eigenvalue weighted by Crippen LogP contribution is -2.14. The Hall–Kier alpha value is -2.20. The van der Waals surface area contributed by atoms with Crippen molar-refractivity contribution in [3.05, 3.63) is 58.9 Å². The normalized spacial score (nSPS) is 10.3. The summed E-state index contributed by atoms with van der Waals surface area (Å²) in [7, 11) is 0. The highest BCUT2D eigenvalue weighted by Gasteiger charge is 2.07. The van der Waals surface area contributed by atoms with Crippen molar-refractivity contribution in [2.75, 3.05) is 5.32 Å². The Balaban J connectivity index is 2.15. The van der Waals surface area contributed by atoms with Gasteiger partial charge in [0.1, 0.15) is 5.69 Å². The first-order valence-electron chi connectivity index (χ1n) is 6.13. The van der Waals surface area contributed by atoms with Gasteiger partial charge in [-0.15, -0.1) is 0 Å². The number of aryl methyl sites for hydroxylation is 2. The molecule has 19 heavy (non-hydrogen) atoms. The molecule has 4 nitrogen and oxygen atoms in total. The Morgan fingerprint density at radius 3 is 2.42 bits per heavy atom. The number of pyridine rings is 1. The monoisotopic (exact) mass is 255 g/mol. The van der Waals surface area contributed by atoms with Gasteiger partial charge >= 0.3 is 0 Å². The lowest BCUT2D eigenvalue weighted by atomic mass is 10.1. The number of carbonyl (C=O) groups excluding carboxylic acids is 1. The molecule has 0 bridgehead atoms. The van der Waals surface area contributed by atoms with Gasteiger partial charge in [0.05, 0.1) is 0 Å². The fourth-order valence-electron chi connectivity index (χ4n) is 1.92. The smallest absolute Gasteiger partial charge is 0.274 e. The Morgan fingerprint density at radius 1 is 1.21 bits per heavy atom. The molecule has 0 atom stereocenters. The summed E-state index contributed by atoms with van der Waals surface area (Å²) >= 11 is 0. The van der Waals surface area contributed by atoms with Gasteiger partial charge in [-0.1, -0.05) is 12.1 Å². The van der Waals surface area contributed by atoms with Crippen LogP contribution in [0.3, 0.4) is 0 Å². The van der Waals surface area contributed by atoms with E-state index in [0.29, 0.717) is 12.2 Å². The fourth-order valence-corrected chi connectivity index (χ4v) is 1.92. The van der Waals surface area contributed by atoms with E-state index in [1.165, 1.54) is 0 Å². The van der Waals surface area contributed by atoms with Gasteiger partial charge in [0.2, 0.25) is 0 Å². The molecule has 0 aliphatic heterocycles. The highest BCUT2D eigenvalue weighted by atomic mass is 16.1. The Kier molecular flexibility index (Phi) is 3.92. The van der Waals surface area contributed by atoms with E-state index in [1.807, 2.05) is 32.0 Å². The molecular weight excluding hydrogens is 238 g/mol. The van der Waals surface area contributed by atoms with Crippen LogP contribution in [0.2, 0.25) is 0 Å². The number of nitrogens with one attached hydrogen (secondary N) is 1. The van der Waals surface area contributed by atoms with Crippen LogP contribution in [0.4, 0.5) is 5.69 Å². The first kappa shape index (κ1) is 13.2. The summed E-state index contributed by atoms with van der Waals surface area (Å²) < 4.78 is 0. The standard InChI is InChI=1S/C15H17N3O/c1-10-5-11(2)7-13(6-10)18-15(19)14-4-3-12(8-16)9-17-14/h3-7,9H,8,16H2,1-2H3,(H,18,19). The van der Waals surface area contributed by atoms with Crippen molar-refractivity contribution in [2.45, 2.75) is 20.4 Å². The van der Waals surface area contributed by atoms with Gasteiger partial charge in [-0.2, -0.15) is 0 Å². The number of aromatic nitrogens is 1. The molecule has 1 amide bonds. The van der Waals surface area contributed by atoms with Crippen molar-refractivity contribution in [2.24, 2.45) is 5.73 Å². The second-order valence-electron chi connectivity index (χ2n) is 4.59. The predicted molar refractivity (Wildman–Crippen MR) is 76.0 cm³/mol. The molecule has 1 heterocycles. The van der Waals surface area contributed by atoms with E-state index in [2.05, 4.69) is 16.4 Å². The summed E-state index contributed by atoms with van der Waals surface area (Å²) in [5.41, 5.74) is 9.79. The molecule has 0 unspecified atom stereocenters. The van der Waals surface area contributed by atoms with E-state index in [0.717, 1.165) is 22.4 Å². The number of hydrogen-bond donors (Lipinski definition) is 2. The molecule has 0 saturated carbocycles. The minimum Gasteiger partial charge on any atom is -0.326 e. The number of benzene rings is 1. The number of anilines is 1. The van der Waals surface area contributed by atoms with Crippen LogP contribution >= 0.6 is 0 Å². The molecule has 98 valence electrons. The van der Waals surface area contributed by atoms with Crippen LogP contribution in [0.5, 0.6) is 0 Å². The predicted octanol–water partition coefficient (Wildman–Crippen LogP) is 2.41. The van der Waals surface area contributed by atoms with Crippen molar-refractivity contribution < 1.29 is 4.79 Å². The SMILES string of the molecule is Cc1cc(C)cc(NC(=O)c2ccc(CN)cn2)c1. The van der Waals surface area contributed by atoms with E-state index < -0.39 is 0 Å². The number of carbonyl (C=O) groups is 1. The summed E-state index contributed by atoms with van der Waals surface area (Å²) in [6.45, 7) is 4.42. The molecule has 2 rings (SSSR count). The largest absolute Gasteiger partial charge is 0.326 e. The molecule has 0 fully saturated rings. The topological polar surface area (TPSA) is 68.0 Å². The molecule has 1 aromatic carbocycles. The lowest BCUT2D eigenvalue weighted by molar-refractivity contribution is 0.102. The van der Waals surface area contributed by atoms with E-state index in [-0.39, 0.29) is 5.91 Å². The van der Waals surface area contributed by atoms with Crippen molar-refractivity contribution in [1.82, 2.24) is 4.98 Å². The minimum absolute atomic E-state index is 0.214. The van der Waals surface area contributed by atoms with Crippen LogP contribution < -0.4 is 11.1 Å². The van der Waals surface area contributed by atoms with Crippen LogP contribution in [0, 0.1) is 13.8 Å². The summed E-state index contributed by atoms with van der Waals surface area (Å²) in [5.74, 6) is -0.214. The summed E-state index contributed by atoms with van der Waals surface area (Å²) in [6.07, 6.45) is 1.62. The molecule has 0 spiro atoms. The zero-order valence-electron chi connectivity index (χ0n) is 11.1. The number of nitrogens with zero attached hydrogens (tertiary/aromatic N) is 1. The second kappa shape index (κ2) is 5.63. The van der Waals surface area contributed by atoms with E-state index >= 15 is 0 Å². The third-order valence-corrected chi connectivity index (χ3v) is 2.77. The molecule has 0 aliphatic rings. The Labute approximate surface area is 112 Å². The molecule has 1 aromatic heterocycles. The highest BCUT2D eigenvalue weighted by molar-refractivity contribution is 6.02. The van der Waals surface area contributed by atoms with Crippen LogP contribution in [0.25, 0.3) is 0 Å². The Bertz CT molecular complexity index is 571. The van der Waals surface area contributed by atoms with Crippen molar-refractivity contribution in [3.8, 4) is 0 Å². The first-order valence-corrected chi connectivity index (χ1v) is 6.13. The number of rotatable bonds is 3. The van der Waals surface area contributed by atoms with Crippen molar-refractivity contribution in [1.29, 1.82) is 0 Å². The number of hydrogen-bond acceptors (Lipinski definition) is 3. The molecule has 0 radical (unpaired) electrons. The third kappa shape index (κ3) is 3.39. The van der Waals surface area contributed by atoms with Gasteiger partial charge in [0, 0.05) is 18.4 Å². The van der Waals surface area contributed by atoms with Gasteiger partial charge in [-0.3, -0.25) is 9.78 Å². The van der Waals surface area contributed by atoms with Gasteiger partial charge in [0.25, 0.3) is 5.91 Å². The van der Waals surface area contributed by atoms with Crippen molar-refractivity contribution >= 4 is 11.6 Å². The molecular formula is C15H17N3O. The molecule has 3 N–H and O–H groups in total.